The molecule has 3 N–H and O–H groups in total. The van der Waals surface area contributed by atoms with Gasteiger partial charge in [-0.3, -0.25) is 0 Å². The van der Waals surface area contributed by atoms with E-state index in [1.54, 1.807) is 0 Å². The van der Waals surface area contributed by atoms with Crippen molar-refractivity contribution in [2.45, 2.75) is 63.2 Å². The molecule has 3 aromatic rings. The summed E-state index contributed by atoms with van der Waals surface area (Å²) in [4.78, 5) is 15.5. The molecule has 2 aliphatic carbocycles. The zero-order chi connectivity index (χ0) is 27.5. The molecule has 0 spiro atoms. The molecule has 3 aliphatic rings. The van der Waals surface area contributed by atoms with Crippen molar-refractivity contribution in [3.63, 3.8) is 0 Å². The standard InChI is InChI=1S/C33H38BrN3O3/c34-30-25-19-28-26-13-7-8-14-33(26,15-18-37(28)32(38)40-22-24-11-5-2-6-12-24)27(25)20-29(31(30)36-17-16-35)39-21-23-9-3-1-4-10-23/h1-6,9-12,20,26,28,36H,7-8,13-19,21-22,35H2/t26-,28+,33+/m1/s1. The van der Waals surface area contributed by atoms with E-state index < -0.39 is 0 Å². The topological polar surface area (TPSA) is 76.8 Å². The van der Waals surface area contributed by atoms with Gasteiger partial charge in [-0.05, 0) is 75.9 Å². The molecule has 1 amide bonds. The summed E-state index contributed by atoms with van der Waals surface area (Å²) < 4.78 is 13.4. The zero-order valence-corrected chi connectivity index (χ0v) is 24.5. The lowest BCUT2D eigenvalue weighted by Crippen LogP contribution is -2.62. The van der Waals surface area contributed by atoms with Gasteiger partial charge in [-0.1, -0.05) is 73.5 Å². The van der Waals surface area contributed by atoms with Crippen molar-refractivity contribution in [1.29, 1.82) is 0 Å². The zero-order valence-electron chi connectivity index (χ0n) is 22.9. The van der Waals surface area contributed by atoms with Gasteiger partial charge in [0, 0.05) is 35.6 Å². The largest absolute Gasteiger partial charge is 0.487 e. The Morgan fingerprint density at radius 1 is 1.02 bits per heavy atom. The molecule has 3 aromatic carbocycles. The summed E-state index contributed by atoms with van der Waals surface area (Å²) in [6.07, 6.45) is 6.26. The first-order valence-electron chi connectivity index (χ1n) is 14.5. The van der Waals surface area contributed by atoms with Crippen molar-refractivity contribution in [1.82, 2.24) is 4.90 Å². The highest BCUT2D eigenvalue weighted by Crippen LogP contribution is 2.58. The van der Waals surface area contributed by atoms with Gasteiger partial charge in [0.2, 0.25) is 0 Å². The molecule has 2 fully saturated rings. The Bertz CT molecular complexity index is 1340. The van der Waals surface area contributed by atoms with Crippen LogP contribution in [0.5, 0.6) is 5.75 Å². The molecule has 7 heteroatoms. The smallest absolute Gasteiger partial charge is 0.410 e. The van der Waals surface area contributed by atoms with Gasteiger partial charge in [-0.25, -0.2) is 4.79 Å². The molecule has 210 valence electrons. The van der Waals surface area contributed by atoms with Crippen LogP contribution < -0.4 is 15.8 Å². The second kappa shape index (κ2) is 11.8. The fraction of sp³-hybridized carbons (Fsp3) is 0.424. The van der Waals surface area contributed by atoms with Crippen LogP contribution in [0.4, 0.5) is 10.5 Å². The van der Waals surface area contributed by atoms with Crippen LogP contribution in [0.2, 0.25) is 0 Å². The minimum atomic E-state index is -0.197. The number of fused-ring (bicyclic) bond motifs is 1. The van der Waals surface area contributed by atoms with E-state index in [1.165, 1.54) is 24.0 Å². The van der Waals surface area contributed by atoms with Gasteiger partial charge in [0.1, 0.15) is 19.0 Å². The molecular formula is C33H38BrN3O3. The van der Waals surface area contributed by atoms with Gasteiger partial charge >= 0.3 is 6.09 Å². The Labute approximate surface area is 245 Å². The molecule has 6 nitrogen and oxygen atoms in total. The third-order valence-electron chi connectivity index (χ3n) is 9.17. The van der Waals surface area contributed by atoms with E-state index in [0.717, 1.165) is 59.3 Å². The van der Waals surface area contributed by atoms with Gasteiger partial charge in [-0.15, -0.1) is 0 Å². The van der Waals surface area contributed by atoms with E-state index in [1.807, 2.05) is 53.4 Å². The first-order chi connectivity index (χ1) is 19.6. The monoisotopic (exact) mass is 603 g/mol. The van der Waals surface area contributed by atoms with Crippen LogP contribution in [-0.4, -0.2) is 36.7 Å². The van der Waals surface area contributed by atoms with E-state index in [4.69, 9.17) is 15.2 Å². The maximum Gasteiger partial charge on any atom is 0.410 e. The van der Waals surface area contributed by atoms with Crippen molar-refractivity contribution < 1.29 is 14.3 Å². The Kier molecular flexibility index (Phi) is 8.03. The highest BCUT2D eigenvalue weighted by Gasteiger charge is 2.55. The van der Waals surface area contributed by atoms with Crippen molar-refractivity contribution in [3.05, 3.63) is 93.5 Å². The van der Waals surface area contributed by atoms with E-state index in [2.05, 4.69) is 39.4 Å². The summed E-state index contributed by atoms with van der Waals surface area (Å²) in [5.41, 5.74) is 11.7. The fourth-order valence-electron chi connectivity index (χ4n) is 7.32. The van der Waals surface area contributed by atoms with Crippen LogP contribution in [0.3, 0.4) is 0 Å². The number of carbonyl (C=O) groups excluding carboxylic acids is 1. The molecule has 2 bridgehead atoms. The minimum Gasteiger partial charge on any atom is -0.487 e. The van der Waals surface area contributed by atoms with E-state index in [9.17, 15) is 4.79 Å². The van der Waals surface area contributed by atoms with Crippen LogP contribution in [0.1, 0.15) is 54.4 Å². The minimum absolute atomic E-state index is 0.0481. The lowest BCUT2D eigenvalue weighted by atomic mass is 9.52. The van der Waals surface area contributed by atoms with Gasteiger partial charge in [0.15, 0.2) is 0 Å². The Morgan fingerprint density at radius 2 is 1.75 bits per heavy atom. The average Bonchev–Trinajstić information content (AvgIpc) is 3.00. The number of amides is 1. The average molecular weight is 605 g/mol. The van der Waals surface area contributed by atoms with Crippen LogP contribution >= 0.6 is 15.9 Å². The molecule has 0 aromatic heterocycles. The Balaban J connectivity index is 1.33. The summed E-state index contributed by atoms with van der Waals surface area (Å²) >= 11 is 4.00. The van der Waals surface area contributed by atoms with Crippen molar-refractivity contribution >= 4 is 27.7 Å². The lowest BCUT2D eigenvalue weighted by Gasteiger charge is -2.58. The molecule has 0 unspecified atom stereocenters. The molecule has 1 saturated heterocycles. The predicted molar refractivity (Wildman–Crippen MR) is 162 cm³/mol. The van der Waals surface area contributed by atoms with Crippen molar-refractivity contribution in [2.24, 2.45) is 11.7 Å². The lowest BCUT2D eigenvalue weighted by molar-refractivity contribution is -0.0138. The molecule has 40 heavy (non-hydrogen) atoms. The maximum absolute atomic E-state index is 13.5. The number of nitrogens with one attached hydrogen (secondary N) is 1. The summed E-state index contributed by atoms with van der Waals surface area (Å²) in [5, 5.41) is 3.52. The molecule has 1 heterocycles. The summed E-state index contributed by atoms with van der Waals surface area (Å²) in [6, 6.07) is 22.6. The first kappa shape index (κ1) is 27.2. The number of anilines is 1. The Morgan fingerprint density at radius 3 is 2.48 bits per heavy atom. The van der Waals surface area contributed by atoms with Gasteiger partial charge in [0.25, 0.3) is 0 Å². The molecule has 1 saturated carbocycles. The molecule has 0 radical (unpaired) electrons. The number of hydrogen-bond donors (Lipinski definition) is 2. The molecule has 1 aliphatic heterocycles. The number of likely N-dealkylation sites (tertiary alicyclic amines) is 1. The summed E-state index contributed by atoms with van der Waals surface area (Å²) in [6.45, 7) is 2.70. The first-order valence-corrected chi connectivity index (χ1v) is 15.3. The predicted octanol–water partition coefficient (Wildman–Crippen LogP) is 6.79. The van der Waals surface area contributed by atoms with E-state index >= 15 is 0 Å². The van der Waals surface area contributed by atoms with Gasteiger partial charge < -0.3 is 25.4 Å². The second-order valence-electron chi connectivity index (χ2n) is 11.3. The quantitative estimate of drug-likeness (QED) is 0.296. The highest BCUT2D eigenvalue weighted by atomic mass is 79.9. The van der Waals surface area contributed by atoms with E-state index in [-0.39, 0.29) is 17.6 Å². The number of halogens is 1. The second-order valence-corrected chi connectivity index (χ2v) is 12.1. The number of rotatable bonds is 8. The van der Waals surface area contributed by atoms with E-state index in [0.29, 0.717) is 32.2 Å². The van der Waals surface area contributed by atoms with Gasteiger partial charge in [-0.2, -0.15) is 0 Å². The summed E-state index contributed by atoms with van der Waals surface area (Å²) in [5.74, 6) is 1.29. The SMILES string of the molecule is NCCNc1c(OCc2ccccc2)cc2c(c1Br)C[C@H]1[C@H]3CCCC[C@@]23CCN1C(=O)OCc1ccccc1. The molecule has 3 atom stereocenters. The maximum atomic E-state index is 13.5. The number of hydrogen-bond acceptors (Lipinski definition) is 5. The number of nitrogens with two attached hydrogens (primary N) is 1. The number of nitrogens with zero attached hydrogens (tertiary/aromatic N) is 1. The fourth-order valence-corrected chi connectivity index (χ4v) is 8.03. The molecular weight excluding hydrogens is 566 g/mol. The van der Waals surface area contributed by atoms with Gasteiger partial charge in [0.05, 0.1) is 5.69 Å². The number of carbonyl (C=O) groups is 1. The third kappa shape index (κ3) is 5.10. The normalized spacial score (nSPS) is 23.1. The number of benzene rings is 3. The number of piperidine rings is 1. The number of ether oxygens (including phenoxy) is 2. The highest BCUT2D eigenvalue weighted by molar-refractivity contribution is 9.10. The molecule has 6 rings (SSSR count). The van der Waals surface area contributed by atoms with Crippen molar-refractivity contribution in [3.8, 4) is 5.75 Å². The van der Waals surface area contributed by atoms with Crippen LogP contribution in [-0.2, 0) is 29.8 Å². The van der Waals surface area contributed by atoms with Crippen LogP contribution in [0.15, 0.2) is 71.2 Å². The Hall–Kier alpha value is -3.03. The van der Waals surface area contributed by atoms with Crippen LogP contribution in [0.25, 0.3) is 0 Å². The van der Waals surface area contributed by atoms with Crippen molar-refractivity contribution in [2.75, 3.05) is 25.0 Å². The van der Waals surface area contributed by atoms with Crippen LogP contribution in [0, 0.1) is 5.92 Å². The third-order valence-corrected chi connectivity index (χ3v) is 10.0. The summed E-state index contributed by atoms with van der Waals surface area (Å²) in [7, 11) is 0.